The molecule has 1 aliphatic heterocycles. The number of benzene rings is 1. The first-order valence-electron chi connectivity index (χ1n) is 4.76. The zero-order valence-electron chi connectivity index (χ0n) is 7.62. The fourth-order valence-corrected chi connectivity index (χ4v) is 2.36. The van der Waals surface area contributed by atoms with Gasteiger partial charge in [0.2, 0.25) is 0 Å². The lowest BCUT2D eigenvalue weighted by molar-refractivity contribution is 0.676. The zero-order valence-corrected chi connectivity index (χ0v) is 9.20. The molecule has 0 amide bonds. The first-order valence-corrected chi connectivity index (χ1v) is 5.88. The predicted octanol–water partition coefficient (Wildman–Crippen LogP) is 2.91. The van der Waals surface area contributed by atoms with Crippen molar-refractivity contribution in [2.75, 3.05) is 23.3 Å². The molecule has 1 fully saturated rings. The van der Waals surface area contributed by atoms with E-state index in [1.54, 1.807) is 0 Å². The number of nitrogens with zero attached hydrogens (tertiary/aromatic N) is 1. The van der Waals surface area contributed by atoms with E-state index in [1.165, 1.54) is 25.2 Å². The van der Waals surface area contributed by atoms with E-state index in [0.29, 0.717) is 0 Å². The molecule has 1 aromatic rings. The number of alkyl halides is 1. The van der Waals surface area contributed by atoms with Crippen molar-refractivity contribution in [3.63, 3.8) is 0 Å². The van der Waals surface area contributed by atoms with E-state index < -0.39 is 0 Å². The standard InChI is InChI=1S/C11H14BrN/c12-8-10-6-7-13(9-10)11-4-2-1-3-5-11/h1-5,10H,6-9H2. The van der Waals surface area contributed by atoms with Crippen LogP contribution in [0.5, 0.6) is 0 Å². The van der Waals surface area contributed by atoms with Crippen LogP contribution in [-0.4, -0.2) is 18.4 Å². The Morgan fingerprint density at radius 3 is 2.69 bits per heavy atom. The fraction of sp³-hybridized carbons (Fsp3) is 0.455. The van der Waals surface area contributed by atoms with E-state index in [4.69, 9.17) is 0 Å². The van der Waals surface area contributed by atoms with Crippen molar-refractivity contribution < 1.29 is 0 Å². The molecule has 2 rings (SSSR count). The third kappa shape index (κ3) is 2.05. The Kier molecular flexibility index (Phi) is 2.89. The van der Waals surface area contributed by atoms with Crippen molar-refractivity contribution in [3.05, 3.63) is 30.3 Å². The highest BCUT2D eigenvalue weighted by atomic mass is 79.9. The summed E-state index contributed by atoms with van der Waals surface area (Å²) in [5.41, 5.74) is 1.37. The van der Waals surface area contributed by atoms with Crippen LogP contribution in [0.1, 0.15) is 6.42 Å². The first-order chi connectivity index (χ1) is 6.40. The summed E-state index contributed by atoms with van der Waals surface area (Å²) in [6.07, 6.45) is 1.32. The normalized spacial score (nSPS) is 22.2. The molecule has 2 heteroatoms. The minimum atomic E-state index is 0.834. The molecule has 0 saturated carbocycles. The molecule has 13 heavy (non-hydrogen) atoms. The van der Waals surface area contributed by atoms with Gasteiger partial charge in [-0.25, -0.2) is 0 Å². The Labute approximate surface area is 87.9 Å². The van der Waals surface area contributed by atoms with E-state index in [9.17, 15) is 0 Å². The number of rotatable bonds is 2. The molecule has 0 bridgehead atoms. The molecule has 1 unspecified atom stereocenters. The molecule has 1 atom stereocenters. The Morgan fingerprint density at radius 2 is 2.08 bits per heavy atom. The van der Waals surface area contributed by atoms with Gasteiger partial charge in [-0.2, -0.15) is 0 Å². The number of anilines is 1. The monoisotopic (exact) mass is 239 g/mol. The van der Waals surface area contributed by atoms with Gasteiger partial charge < -0.3 is 4.90 Å². The van der Waals surface area contributed by atoms with Crippen LogP contribution in [0.2, 0.25) is 0 Å². The zero-order chi connectivity index (χ0) is 9.10. The minimum Gasteiger partial charge on any atom is -0.371 e. The van der Waals surface area contributed by atoms with E-state index >= 15 is 0 Å². The Bertz CT molecular complexity index is 260. The molecule has 70 valence electrons. The number of para-hydroxylation sites is 1. The van der Waals surface area contributed by atoms with Crippen LogP contribution in [0.15, 0.2) is 30.3 Å². The highest BCUT2D eigenvalue weighted by molar-refractivity contribution is 9.09. The number of hydrogen-bond acceptors (Lipinski definition) is 1. The summed E-state index contributed by atoms with van der Waals surface area (Å²) in [6, 6.07) is 10.7. The molecule has 1 saturated heterocycles. The second kappa shape index (κ2) is 4.14. The van der Waals surface area contributed by atoms with Gasteiger partial charge in [0, 0.05) is 24.1 Å². The highest BCUT2D eigenvalue weighted by Gasteiger charge is 2.20. The maximum atomic E-state index is 3.55. The van der Waals surface area contributed by atoms with Crippen molar-refractivity contribution in [2.45, 2.75) is 6.42 Å². The molecule has 1 heterocycles. The van der Waals surface area contributed by atoms with E-state index in [1.807, 2.05) is 0 Å². The number of hydrogen-bond donors (Lipinski definition) is 0. The molecule has 0 aromatic heterocycles. The predicted molar refractivity (Wildman–Crippen MR) is 60.6 cm³/mol. The molecule has 0 spiro atoms. The summed E-state index contributed by atoms with van der Waals surface area (Å²) in [4.78, 5) is 2.46. The lowest BCUT2D eigenvalue weighted by Gasteiger charge is -2.17. The SMILES string of the molecule is BrCC1CCN(c2ccccc2)C1. The third-order valence-corrected chi connectivity index (χ3v) is 3.54. The summed E-state index contributed by atoms with van der Waals surface area (Å²) in [5.74, 6) is 0.834. The average molecular weight is 240 g/mol. The average Bonchev–Trinajstić information content (AvgIpc) is 2.67. The molecule has 0 radical (unpaired) electrons. The molecule has 0 N–H and O–H groups in total. The smallest absolute Gasteiger partial charge is 0.0366 e. The molecular weight excluding hydrogens is 226 g/mol. The second-order valence-corrected chi connectivity index (χ2v) is 4.24. The lowest BCUT2D eigenvalue weighted by atomic mass is 10.2. The van der Waals surface area contributed by atoms with Gasteiger partial charge in [-0.05, 0) is 24.5 Å². The molecule has 1 aromatic carbocycles. The van der Waals surface area contributed by atoms with E-state index in [0.717, 1.165) is 11.2 Å². The lowest BCUT2D eigenvalue weighted by Crippen LogP contribution is -2.19. The maximum Gasteiger partial charge on any atom is 0.0366 e. The van der Waals surface area contributed by atoms with Gasteiger partial charge >= 0.3 is 0 Å². The Morgan fingerprint density at radius 1 is 1.31 bits per heavy atom. The van der Waals surface area contributed by atoms with Gasteiger partial charge in [-0.15, -0.1) is 0 Å². The molecule has 0 aliphatic carbocycles. The first kappa shape index (κ1) is 9.07. The van der Waals surface area contributed by atoms with Crippen molar-refractivity contribution in [1.82, 2.24) is 0 Å². The van der Waals surface area contributed by atoms with E-state index in [-0.39, 0.29) is 0 Å². The van der Waals surface area contributed by atoms with Gasteiger partial charge in [0.25, 0.3) is 0 Å². The van der Waals surface area contributed by atoms with Crippen LogP contribution >= 0.6 is 15.9 Å². The van der Waals surface area contributed by atoms with Gasteiger partial charge in [0.05, 0.1) is 0 Å². The topological polar surface area (TPSA) is 3.24 Å². The third-order valence-electron chi connectivity index (χ3n) is 2.63. The molecular formula is C11H14BrN. The Hall–Kier alpha value is -0.500. The van der Waals surface area contributed by atoms with Gasteiger partial charge in [0.1, 0.15) is 0 Å². The van der Waals surface area contributed by atoms with Crippen LogP contribution in [0.3, 0.4) is 0 Å². The molecule has 1 nitrogen and oxygen atoms in total. The van der Waals surface area contributed by atoms with Gasteiger partial charge in [-0.1, -0.05) is 34.1 Å². The van der Waals surface area contributed by atoms with Crippen LogP contribution in [-0.2, 0) is 0 Å². The second-order valence-electron chi connectivity index (χ2n) is 3.59. The van der Waals surface area contributed by atoms with Crippen LogP contribution < -0.4 is 4.90 Å². The quantitative estimate of drug-likeness (QED) is 0.718. The number of halogens is 1. The van der Waals surface area contributed by atoms with Crippen molar-refractivity contribution in [2.24, 2.45) is 5.92 Å². The van der Waals surface area contributed by atoms with Gasteiger partial charge in [-0.3, -0.25) is 0 Å². The van der Waals surface area contributed by atoms with Crippen molar-refractivity contribution in [1.29, 1.82) is 0 Å². The van der Waals surface area contributed by atoms with E-state index in [2.05, 4.69) is 51.2 Å². The summed E-state index contributed by atoms with van der Waals surface area (Å²) in [7, 11) is 0. The Balaban J connectivity index is 2.04. The molecule has 1 aliphatic rings. The van der Waals surface area contributed by atoms with Gasteiger partial charge in [0.15, 0.2) is 0 Å². The fourth-order valence-electron chi connectivity index (χ4n) is 1.83. The largest absolute Gasteiger partial charge is 0.371 e. The summed E-state index contributed by atoms with van der Waals surface area (Å²) in [5, 5.41) is 1.14. The van der Waals surface area contributed by atoms with Crippen LogP contribution in [0, 0.1) is 5.92 Å². The van der Waals surface area contributed by atoms with Crippen molar-refractivity contribution in [3.8, 4) is 0 Å². The summed E-state index contributed by atoms with van der Waals surface area (Å²) in [6.45, 7) is 2.41. The highest BCUT2D eigenvalue weighted by Crippen LogP contribution is 2.24. The summed E-state index contributed by atoms with van der Waals surface area (Å²) < 4.78 is 0. The minimum absolute atomic E-state index is 0.834. The summed E-state index contributed by atoms with van der Waals surface area (Å²) >= 11 is 3.55. The van der Waals surface area contributed by atoms with Crippen LogP contribution in [0.4, 0.5) is 5.69 Å². The van der Waals surface area contributed by atoms with Crippen LogP contribution in [0.25, 0.3) is 0 Å². The van der Waals surface area contributed by atoms with Crippen molar-refractivity contribution >= 4 is 21.6 Å². The maximum absolute atomic E-state index is 3.55.